The highest BCUT2D eigenvalue weighted by atomic mass is 32.1. The molecule has 1 aromatic heterocycles. The van der Waals surface area contributed by atoms with Gasteiger partial charge in [-0.1, -0.05) is 6.07 Å². The van der Waals surface area contributed by atoms with Gasteiger partial charge < -0.3 is 10.6 Å². The van der Waals surface area contributed by atoms with E-state index in [1.807, 2.05) is 22.4 Å². The van der Waals surface area contributed by atoms with E-state index in [0.717, 1.165) is 37.6 Å². The van der Waals surface area contributed by atoms with Gasteiger partial charge in [-0.2, -0.15) is 0 Å². The summed E-state index contributed by atoms with van der Waals surface area (Å²) in [6, 6.07) is 4.01. The van der Waals surface area contributed by atoms with Crippen molar-refractivity contribution in [1.29, 1.82) is 0 Å². The first-order valence-electron chi connectivity index (χ1n) is 6.02. The van der Waals surface area contributed by atoms with Crippen LogP contribution in [0, 0.1) is 0 Å². The summed E-state index contributed by atoms with van der Waals surface area (Å²) < 4.78 is 0. The van der Waals surface area contributed by atoms with Gasteiger partial charge in [0.15, 0.2) is 0 Å². The number of hydrogen-bond acceptors (Lipinski definition) is 4. The Morgan fingerprint density at radius 3 is 2.71 bits per heavy atom. The lowest BCUT2D eigenvalue weighted by Gasteiger charge is -2.34. The number of piperazine rings is 1. The van der Waals surface area contributed by atoms with Crippen molar-refractivity contribution in [2.45, 2.75) is 6.42 Å². The van der Waals surface area contributed by atoms with E-state index in [1.165, 1.54) is 0 Å². The highest BCUT2D eigenvalue weighted by Gasteiger charge is 2.20. The lowest BCUT2D eigenvalue weighted by molar-refractivity contribution is -0.132. The molecule has 94 valence electrons. The van der Waals surface area contributed by atoms with E-state index in [9.17, 15) is 4.79 Å². The average molecular weight is 253 g/mol. The maximum Gasteiger partial charge on any atom is 0.227 e. The maximum atomic E-state index is 12.0. The van der Waals surface area contributed by atoms with Gasteiger partial charge in [0.25, 0.3) is 0 Å². The summed E-state index contributed by atoms with van der Waals surface area (Å²) in [5.41, 5.74) is 5.52. The SMILES string of the molecule is NCCN1CCN(C(=O)Cc2cccs2)CC1. The van der Waals surface area contributed by atoms with E-state index in [4.69, 9.17) is 5.73 Å². The number of carbonyl (C=O) groups excluding carboxylic acids is 1. The molecule has 1 aromatic rings. The molecule has 1 aliphatic heterocycles. The van der Waals surface area contributed by atoms with Gasteiger partial charge in [-0.25, -0.2) is 0 Å². The van der Waals surface area contributed by atoms with Crippen LogP contribution in [0.3, 0.4) is 0 Å². The predicted molar refractivity (Wildman–Crippen MR) is 70.1 cm³/mol. The molecule has 0 unspecified atom stereocenters. The van der Waals surface area contributed by atoms with Crippen LogP contribution in [0.1, 0.15) is 4.88 Å². The highest BCUT2D eigenvalue weighted by molar-refractivity contribution is 7.10. The van der Waals surface area contributed by atoms with E-state index in [2.05, 4.69) is 4.90 Å². The zero-order chi connectivity index (χ0) is 12.1. The molecule has 0 bridgehead atoms. The summed E-state index contributed by atoms with van der Waals surface area (Å²) in [5, 5.41) is 2.02. The van der Waals surface area contributed by atoms with E-state index in [-0.39, 0.29) is 5.91 Å². The molecule has 1 fully saturated rings. The Hall–Kier alpha value is -0.910. The Kier molecular flexibility index (Phi) is 4.53. The first-order valence-corrected chi connectivity index (χ1v) is 6.90. The standard InChI is InChI=1S/C12H19N3OS/c13-3-4-14-5-7-15(8-6-14)12(16)10-11-2-1-9-17-11/h1-2,9H,3-8,10,13H2. The normalized spacial score (nSPS) is 17.4. The van der Waals surface area contributed by atoms with Gasteiger partial charge in [0.05, 0.1) is 6.42 Å². The van der Waals surface area contributed by atoms with Crippen LogP contribution in [0.15, 0.2) is 17.5 Å². The minimum atomic E-state index is 0.250. The van der Waals surface area contributed by atoms with E-state index in [0.29, 0.717) is 13.0 Å². The molecule has 0 aliphatic carbocycles. The van der Waals surface area contributed by atoms with Crippen LogP contribution in [0.25, 0.3) is 0 Å². The van der Waals surface area contributed by atoms with E-state index in [1.54, 1.807) is 11.3 Å². The smallest absolute Gasteiger partial charge is 0.227 e. The van der Waals surface area contributed by atoms with Crippen LogP contribution >= 0.6 is 11.3 Å². The molecular formula is C12H19N3OS. The Bertz CT molecular complexity index is 345. The first kappa shape index (κ1) is 12.5. The lowest BCUT2D eigenvalue weighted by Crippen LogP contribution is -2.50. The van der Waals surface area contributed by atoms with Crippen molar-refractivity contribution in [2.75, 3.05) is 39.3 Å². The molecule has 4 nitrogen and oxygen atoms in total. The van der Waals surface area contributed by atoms with Gasteiger partial charge in [-0.3, -0.25) is 9.69 Å². The minimum absolute atomic E-state index is 0.250. The average Bonchev–Trinajstić information content (AvgIpc) is 2.83. The molecule has 17 heavy (non-hydrogen) atoms. The fourth-order valence-corrected chi connectivity index (χ4v) is 2.77. The third-order valence-corrected chi connectivity index (χ3v) is 3.95. The van der Waals surface area contributed by atoms with Gasteiger partial charge in [-0.15, -0.1) is 11.3 Å². The van der Waals surface area contributed by atoms with Crippen molar-refractivity contribution in [2.24, 2.45) is 5.73 Å². The summed E-state index contributed by atoms with van der Waals surface area (Å²) in [4.78, 5) is 17.5. The molecule has 0 radical (unpaired) electrons. The van der Waals surface area contributed by atoms with Gasteiger partial charge in [0, 0.05) is 44.1 Å². The molecule has 1 aliphatic rings. The third-order valence-electron chi connectivity index (χ3n) is 3.08. The molecule has 0 aromatic carbocycles. The summed E-state index contributed by atoms with van der Waals surface area (Å²) in [6.45, 7) is 5.21. The Balaban J connectivity index is 1.78. The zero-order valence-electron chi connectivity index (χ0n) is 9.97. The van der Waals surface area contributed by atoms with Crippen molar-refractivity contribution in [3.63, 3.8) is 0 Å². The fraction of sp³-hybridized carbons (Fsp3) is 0.583. The van der Waals surface area contributed by atoms with Crippen LogP contribution in [0.2, 0.25) is 0 Å². The molecule has 0 saturated carbocycles. The number of hydrogen-bond donors (Lipinski definition) is 1. The van der Waals surface area contributed by atoms with Crippen LogP contribution in [-0.4, -0.2) is 55.0 Å². The second kappa shape index (κ2) is 6.14. The predicted octanol–water partition coefficient (Wildman–Crippen LogP) is 0.394. The molecule has 2 heterocycles. The van der Waals surface area contributed by atoms with Gasteiger partial charge in [0.1, 0.15) is 0 Å². The summed E-state index contributed by atoms with van der Waals surface area (Å²) in [6.07, 6.45) is 0.550. The Labute approximate surface area is 106 Å². The second-order valence-corrected chi connectivity index (χ2v) is 5.30. The van der Waals surface area contributed by atoms with Crippen LogP contribution in [-0.2, 0) is 11.2 Å². The first-order chi connectivity index (χ1) is 8.29. The van der Waals surface area contributed by atoms with Crippen LogP contribution in [0.5, 0.6) is 0 Å². The van der Waals surface area contributed by atoms with E-state index >= 15 is 0 Å². The number of amides is 1. The highest BCUT2D eigenvalue weighted by Crippen LogP contribution is 2.11. The number of rotatable bonds is 4. The van der Waals surface area contributed by atoms with Crippen molar-refractivity contribution in [3.05, 3.63) is 22.4 Å². The lowest BCUT2D eigenvalue weighted by atomic mass is 10.2. The summed E-state index contributed by atoms with van der Waals surface area (Å²) >= 11 is 1.65. The van der Waals surface area contributed by atoms with Crippen LogP contribution in [0.4, 0.5) is 0 Å². The van der Waals surface area contributed by atoms with Crippen LogP contribution < -0.4 is 5.73 Å². The molecule has 0 atom stereocenters. The zero-order valence-corrected chi connectivity index (χ0v) is 10.8. The number of carbonyl (C=O) groups is 1. The topological polar surface area (TPSA) is 49.6 Å². The monoisotopic (exact) mass is 253 g/mol. The summed E-state index contributed by atoms with van der Waals surface area (Å²) in [5.74, 6) is 0.250. The van der Waals surface area contributed by atoms with Gasteiger partial charge >= 0.3 is 0 Å². The van der Waals surface area contributed by atoms with Crippen molar-refractivity contribution in [1.82, 2.24) is 9.80 Å². The number of nitrogens with zero attached hydrogens (tertiary/aromatic N) is 2. The number of nitrogens with two attached hydrogens (primary N) is 1. The van der Waals surface area contributed by atoms with Gasteiger partial charge in [-0.05, 0) is 11.4 Å². The molecule has 0 spiro atoms. The minimum Gasteiger partial charge on any atom is -0.340 e. The quantitative estimate of drug-likeness (QED) is 0.844. The van der Waals surface area contributed by atoms with Crippen molar-refractivity contribution >= 4 is 17.2 Å². The number of thiophene rings is 1. The molecular weight excluding hydrogens is 234 g/mol. The molecule has 2 N–H and O–H groups in total. The van der Waals surface area contributed by atoms with E-state index < -0.39 is 0 Å². The fourth-order valence-electron chi connectivity index (χ4n) is 2.08. The molecule has 5 heteroatoms. The molecule has 1 saturated heterocycles. The Morgan fingerprint density at radius 2 is 2.12 bits per heavy atom. The largest absolute Gasteiger partial charge is 0.340 e. The van der Waals surface area contributed by atoms with Crippen molar-refractivity contribution in [3.8, 4) is 0 Å². The molecule has 2 rings (SSSR count). The van der Waals surface area contributed by atoms with Crippen molar-refractivity contribution < 1.29 is 4.79 Å². The Morgan fingerprint density at radius 1 is 1.35 bits per heavy atom. The van der Waals surface area contributed by atoms with Gasteiger partial charge in [0.2, 0.25) is 5.91 Å². The maximum absolute atomic E-state index is 12.0. The third kappa shape index (κ3) is 3.52. The molecule has 1 amide bonds. The second-order valence-electron chi connectivity index (χ2n) is 4.27. The summed E-state index contributed by atoms with van der Waals surface area (Å²) in [7, 11) is 0.